The normalized spacial score (nSPS) is 11.6. The Bertz CT molecular complexity index is 789. The highest BCUT2D eigenvalue weighted by Gasteiger charge is 2.12. The van der Waals surface area contributed by atoms with Crippen molar-refractivity contribution in [1.82, 2.24) is 4.90 Å². The summed E-state index contributed by atoms with van der Waals surface area (Å²) in [5.74, 6) is 0. The number of nitrogens with zero attached hydrogens (tertiary/aromatic N) is 3. The van der Waals surface area contributed by atoms with E-state index in [1.807, 2.05) is 49.4 Å². The number of carbonyl (C=O) groups excluding carboxylic acids is 1. The van der Waals surface area contributed by atoms with Gasteiger partial charge in [-0.05, 0) is 35.7 Å². The van der Waals surface area contributed by atoms with Gasteiger partial charge in [-0.15, -0.1) is 0 Å². The molecule has 0 saturated carbocycles. The van der Waals surface area contributed by atoms with Gasteiger partial charge in [0.1, 0.15) is 0 Å². The van der Waals surface area contributed by atoms with Crippen LogP contribution in [0.25, 0.3) is 0 Å². The number of rotatable bonds is 5. The van der Waals surface area contributed by atoms with Gasteiger partial charge in [0.25, 0.3) is 0 Å². The lowest BCUT2D eigenvalue weighted by Crippen LogP contribution is -2.26. The van der Waals surface area contributed by atoms with Crippen LogP contribution in [-0.2, 0) is 11.3 Å². The van der Waals surface area contributed by atoms with Crippen LogP contribution in [0.5, 0.6) is 0 Å². The maximum Gasteiger partial charge on any atom is 0.409 e. The van der Waals surface area contributed by atoms with E-state index in [0.29, 0.717) is 11.6 Å². The first-order chi connectivity index (χ1) is 12.0. The summed E-state index contributed by atoms with van der Waals surface area (Å²) >= 11 is 6.23. The van der Waals surface area contributed by atoms with Crippen LogP contribution in [0.2, 0.25) is 5.02 Å². The molecule has 0 aliphatic heterocycles. The fraction of sp³-hybridized carbons (Fsp3) is 0.211. The molecule has 2 aromatic carbocycles. The van der Waals surface area contributed by atoms with E-state index in [-0.39, 0.29) is 0 Å². The third-order valence-corrected chi connectivity index (χ3v) is 3.94. The molecule has 0 N–H and O–H groups in total. The summed E-state index contributed by atoms with van der Waals surface area (Å²) in [6, 6.07) is 15.3. The second-order valence-corrected chi connectivity index (χ2v) is 5.88. The number of benzene rings is 2. The van der Waals surface area contributed by atoms with Crippen LogP contribution in [0.4, 0.5) is 4.79 Å². The fourth-order valence-corrected chi connectivity index (χ4v) is 2.35. The molecule has 2 aromatic rings. The molecule has 0 atom stereocenters. The standard InChI is InChI=1S/C19H20ClN3O2/c1-14(22-21-12-15-7-5-4-6-8-15)16-9-10-18(20)17(11-16)13-23(2)19(24)25-3/h4-12H,13H2,1-3H3. The van der Waals surface area contributed by atoms with Crippen LogP contribution in [0.15, 0.2) is 58.7 Å². The van der Waals surface area contributed by atoms with Crippen LogP contribution >= 0.6 is 11.6 Å². The number of halogens is 1. The summed E-state index contributed by atoms with van der Waals surface area (Å²) in [6.07, 6.45) is 1.28. The minimum absolute atomic E-state index is 0.347. The molecule has 130 valence electrons. The lowest BCUT2D eigenvalue weighted by Gasteiger charge is -2.16. The highest BCUT2D eigenvalue weighted by Crippen LogP contribution is 2.20. The minimum Gasteiger partial charge on any atom is -0.453 e. The van der Waals surface area contributed by atoms with Gasteiger partial charge >= 0.3 is 6.09 Å². The van der Waals surface area contributed by atoms with Gasteiger partial charge in [-0.3, -0.25) is 0 Å². The average Bonchev–Trinajstić information content (AvgIpc) is 2.63. The minimum atomic E-state index is -0.417. The Hall–Kier alpha value is -2.66. The first-order valence-corrected chi connectivity index (χ1v) is 8.09. The predicted octanol–water partition coefficient (Wildman–Crippen LogP) is 4.38. The van der Waals surface area contributed by atoms with Gasteiger partial charge in [0.2, 0.25) is 0 Å². The fourth-order valence-electron chi connectivity index (χ4n) is 2.18. The van der Waals surface area contributed by atoms with E-state index in [9.17, 15) is 4.79 Å². The van der Waals surface area contributed by atoms with Gasteiger partial charge in [0, 0.05) is 12.1 Å². The molecule has 0 unspecified atom stereocenters. The van der Waals surface area contributed by atoms with Crippen LogP contribution in [0, 0.1) is 0 Å². The Morgan fingerprint density at radius 3 is 2.64 bits per heavy atom. The lowest BCUT2D eigenvalue weighted by molar-refractivity contribution is 0.131. The molecule has 1 amide bonds. The lowest BCUT2D eigenvalue weighted by atomic mass is 10.1. The molecular formula is C19H20ClN3O2. The number of hydrogen-bond donors (Lipinski definition) is 0. The van der Waals surface area contributed by atoms with Gasteiger partial charge in [-0.1, -0.05) is 48.0 Å². The van der Waals surface area contributed by atoms with Gasteiger partial charge < -0.3 is 9.64 Å². The molecule has 6 heteroatoms. The Labute approximate surface area is 152 Å². The number of methoxy groups -OCH3 is 1. The van der Waals surface area contributed by atoms with Crippen molar-refractivity contribution in [3.8, 4) is 0 Å². The quantitative estimate of drug-likeness (QED) is 0.589. The summed E-state index contributed by atoms with van der Waals surface area (Å²) in [5.41, 5.74) is 3.44. The highest BCUT2D eigenvalue weighted by molar-refractivity contribution is 6.31. The summed E-state index contributed by atoms with van der Waals surface area (Å²) in [5, 5.41) is 8.93. The highest BCUT2D eigenvalue weighted by atomic mass is 35.5. The molecule has 0 bridgehead atoms. The van der Waals surface area contributed by atoms with Crippen LogP contribution in [-0.4, -0.2) is 37.1 Å². The summed E-state index contributed by atoms with van der Waals surface area (Å²) in [4.78, 5) is 13.0. The molecular weight excluding hydrogens is 338 g/mol. The smallest absolute Gasteiger partial charge is 0.409 e. The maximum atomic E-state index is 11.5. The van der Waals surface area contributed by atoms with E-state index >= 15 is 0 Å². The van der Waals surface area contributed by atoms with Crippen molar-refractivity contribution >= 4 is 29.6 Å². The Balaban J connectivity index is 2.16. The molecule has 5 nitrogen and oxygen atoms in total. The third-order valence-electron chi connectivity index (χ3n) is 3.57. The van der Waals surface area contributed by atoms with Crippen molar-refractivity contribution in [3.63, 3.8) is 0 Å². The van der Waals surface area contributed by atoms with Gasteiger partial charge in [0.15, 0.2) is 0 Å². The van der Waals surface area contributed by atoms with Crippen LogP contribution in [0.1, 0.15) is 23.6 Å². The Morgan fingerprint density at radius 2 is 1.96 bits per heavy atom. The zero-order valence-electron chi connectivity index (χ0n) is 14.4. The van der Waals surface area contributed by atoms with E-state index in [2.05, 4.69) is 10.2 Å². The average molecular weight is 358 g/mol. The van der Waals surface area contributed by atoms with E-state index in [4.69, 9.17) is 16.3 Å². The van der Waals surface area contributed by atoms with Crippen molar-refractivity contribution in [1.29, 1.82) is 0 Å². The Kier molecular flexibility index (Phi) is 6.71. The van der Waals surface area contributed by atoms with Gasteiger partial charge in [0.05, 0.1) is 25.6 Å². The van der Waals surface area contributed by atoms with Gasteiger partial charge in [-0.2, -0.15) is 10.2 Å². The van der Waals surface area contributed by atoms with E-state index in [0.717, 1.165) is 22.4 Å². The molecule has 0 fully saturated rings. The van der Waals surface area contributed by atoms with E-state index < -0.39 is 6.09 Å². The van der Waals surface area contributed by atoms with Crippen molar-refractivity contribution < 1.29 is 9.53 Å². The first kappa shape index (κ1) is 18.7. The number of amides is 1. The van der Waals surface area contributed by atoms with Crippen molar-refractivity contribution in [2.24, 2.45) is 10.2 Å². The summed E-state index contributed by atoms with van der Waals surface area (Å²) < 4.78 is 4.70. The largest absolute Gasteiger partial charge is 0.453 e. The zero-order chi connectivity index (χ0) is 18.2. The van der Waals surface area contributed by atoms with Crippen LogP contribution in [0.3, 0.4) is 0 Å². The van der Waals surface area contributed by atoms with E-state index in [1.54, 1.807) is 19.3 Å². The predicted molar refractivity (Wildman–Crippen MR) is 102 cm³/mol. The molecule has 0 aliphatic rings. The molecule has 0 heterocycles. The SMILES string of the molecule is COC(=O)N(C)Cc1cc(C(C)=NN=Cc2ccccc2)ccc1Cl. The molecule has 0 spiro atoms. The Morgan fingerprint density at radius 1 is 1.24 bits per heavy atom. The van der Waals surface area contributed by atoms with Crippen molar-refractivity contribution in [3.05, 3.63) is 70.2 Å². The van der Waals surface area contributed by atoms with Crippen molar-refractivity contribution in [2.45, 2.75) is 13.5 Å². The monoisotopic (exact) mass is 357 g/mol. The molecule has 2 rings (SSSR count). The summed E-state index contributed by atoms with van der Waals surface area (Å²) in [7, 11) is 3.00. The summed E-state index contributed by atoms with van der Waals surface area (Å²) in [6.45, 7) is 2.22. The number of ether oxygens (including phenoxy) is 1. The molecule has 0 aromatic heterocycles. The van der Waals surface area contributed by atoms with Crippen molar-refractivity contribution in [2.75, 3.05) is 14.2 Å². The third kappa shape index (κ3) is 5.43. The topological polar surface area (TPSA) is 54.3 Å². The second kappa shape index (κ2) is 8.99. The molecule has 0 saturated heterocycles. The second-order valence-electron chi connectivity index (χ2n) is 5.47. The number of carbonyl (C=O) groups is 1. The molecule has 25 heavy (non-hydrogen) atoms. The van der Waals surface area contributed by atoms with E-state index in [1.165, 1.54) is 12.0 Å². The molecule has 0 radical (unpaired) electrons. The van der Waals surface area contributed by atoms with Gasteiger partial charge in [-0.25, -0.2) is 4.79 Å². The molecule has 0 aliphatic carbocycles. The van der Waals surface area contributed by atoms with Crippen LogP contribution < -0.4 is 0 Å². The zero-order valence-corrected chi connectivity index (χ0v) is 15.2. The first-order valence-electron chi connectivity index (χ1n) is 7.72. The number of hydrogen-bond acceptors (Lipinski definition) is 4. The maximum absolute atomic E-state index is 11.5.